The molecule has 1 aromatic rings. The molecule has 0 saturated carbocycles. The quantitative estimate of drug-likeness (QED) is 0.770. The van der Waals surface area contributed by atoms with Crippen molar-refractivity contribution >= 4 is 0 Å². The molecule has 0 aliphatic heterocycles. The van der Waals surface area contributed by atoms with Crippen LogP contribution in [0.25, 0.3) is 0 Å². The van der Waals surface area contributed by atoms with Crippen LogP contribution >= 0.6 is 0 Å². The van der Waals surface area contributed by atoms with E-state index in [2.05, 4.69) is 35.8 Å². The van der Waals surface area contributed by atoms with Crippen molar-refractivity contribution in [1.29, 1.82) is 0 Å². The Morgan fingerprint density at radius 1 is 1.33 bits per heavy atom. The van der Waals surface area contributed by atoms with Gasteiger partial charge >= 0.3 is 0 Å². The Kier molecular flexibility index (Phi) is 6.29. The molecule has 5 nitrogen and oxygen atoms in total. The first kappa shape index (κ1) is 15.1. The fourth-order valence-electron chi connectivity index (χ4n) is 1.76. The van der Waals surface area contributed by atoms with Crippen LogP contribution in [0.5, 0.6) is 0 Å². The molecule has 1 heterocycles. The highest BCUT2D eigenvalue weighted by molar-refractivity contribution is 4.87. The zero-order valence-electron chi connectivity index (χ0n) is 11.9. The number of aliphatic hydroxyl groups excluding tert-OH is 1. The lowest BCUT2D eigenvalue weighted by Crippen LogP contribution is -2.36. The van der Waals surface area contributed by atoms with Gasteiger partial charge in [0.2, 0.25) is 5.89 Å². The van der Waals surface area contributed by atoms with Gasteiger partial charge in [-0.15, -0.1) is 0 Å². The number of nitrogens with zero attached hydrogens (tertiary/aromatic N) is 3. The normalized spacial score (nSPS) is 13.5. The van der Waals surface area contributed by atoms with Gasteiger partial charge in [0.15, 0.2) is 5.82 Å². The average Bonchev–Trinajstić information content (AvgIpc) is 2.72. The van der Waals surface area contributed by atoms with Gasteiger partial charge in [-0.2, -0.15) is 4.98 Å². The summed E-state index contributed by atoms with van der Waals surface area (Å²) in [4.78, 5) is 6.50. The van der Waals surface area contributed by atoms with E-state index in [0.29, 0.717) is 25.0 Å². The number of aryl methyl sites for hydroxylation is 1. The minimum Gasteiger partial charge on any atom is -0.392 e. The first-order valence-corrected chi connectivity index (χ1v) is 6.76. The Hall–Kier alpha value is -0.940. The summed E-state index contributed by atoms with van der Waals surface area (Å²) < 4.78 is 5.24. The van der Waals surface area contributed by atoms with Gasteiger partial charge in [0, 0.05) is 19.0 Å². The maximum atomic E-state index is 9.46. The van der Waals surface area contributed by atoms with Crippen LogP contribution in [-0.4, -0.2) is 38.8 Å². The van der Waals surface area contributed by atoms with Crippen LogP contribution in [-0.2, 0) is 13.0 Å². The number of unbranched alkanes of at least 4 members (excludes halogenated alkanes) is 1. The van der Waals surface area contributed by atoms with E-state index in [0.717, 1.165) is 25.1 Å². The summed E-state index contributed by atoms with van der Waals surface area (Å²) >= 11 is 0. The molecule has 1 atom stereocenters. The van der Waals surface area contributed by atoms with E-state index in [-0.39, 0.29) is 6.10 Å². The second-order valence-corrected chi connectivity index (χ2v) is 5.08. The summed E-state index contributed by atoms with van der Waals surface area (Å²) in [6.07, 6.45) is 2.73. The van der Waals surface area contributed by atoms with E-state index in [4.69, 9.17) is 4.52 Å². The number of rotatable bonds is 8. The number of aromatic nitrogens is 2. The van der Waals surface area contributed by atoms with Gasteiger partial charge in [-0.25, -0.2) is 0 Å². The molecule has 104 valence electrons. The third-order valence-electron chi connectivity index (χ3n) is 2.83. The highest BCUT2D eigenvalue weighted by Crippen LogP contribution is 2.09. The van der Waals surface area contributed by atoms with Crippen LogP contribution in [0.15, 0.2) is 4.52 Å². The molecule has 1 unspecified atom stereocenters. The fraction of sp³-hybridized carbons (Fsp3) is 0.846. The van der Waals surface area contributed by atoms with Crippen LogP contribution in [0.3, 0.4) is 0 Å². The summed E-state index contributed by atoms with van der Waals surface area (Å²) in [5, 5.41) is 13.4. The van der Waals surface area contributed by atoms with Crippen LogP contribution in [0, 0.1) is 0 Å². The highest BCUT2D eigenvalue weighted by atomic mass is 16.5. The van der Waals surface area contributed by atoms with Gasteiger partial charge in [0.1, 0.15) is 0 Å². The second kappa shape index (κ2) is 7.48. The van der Waals surface area contributed by atoms with E-state index >= 15 is 0 Å². The lowest BCUT2D eigenvalue weighted by Gasteiger charge is -2.25. The smallest absolute Gasteiger partial charge is 0.240 e. The average molecular weight is 255 g/mol. The van der Waals surface area contributed by atoms with Crippen molar-refractivity contribution in [3.05, 3.63) is 11.7 Å². The first-order valence-electron chi connectivity index (χ1n) is 6.76. The summed E-state index contributed by atoms with van der Waals surface area (Å²) in [6.45, 7) is 9.33. The number of aliphatic hydroxyl groups is 1. The Morgan fingerprint density at radius 2 is 2.06 bits per heavy atom. The zero-order valence-corrected chi connectivity index (χ0v) is 11.9. The summed E-state index contributed by atoms with van der Waals surface area (Å²) in [7, 11) is 0. The molecular weight excluding hydrogens is 230 g/mol. The predicted molar refractivity (Wildman–Crippen MR) is 70.1 cm³/mol. The molecule has 0 saturated heterocycles. The van der Waals surface area contributed by atoms with Crippen molar-refractivity contribution in [3.8, 4) is 0 Å². The molecule has 1 aromatic heterocycles. The molecule has 0 fully saturated rings. The second-order valence-electron chi connectivity index (χ2n) is 5.08. The van der Waals surface area contributed by atoms with Crippen LogP contribution in [0.1, 0.15) is 52.3 Å². The van der Waals surface area contributed by atoms with Gasteiger partial charge in [-0.1, -0.05) is 18.5 Å². The fourth-order valence-corrected chi connectivity index (χ4v) is 1.76. The molecule has 0 aliphatic rings. The van der Waals surface area contributed by atoms with Gasteiger partial charge in [0.25, 0.3) is 0 Å². The van der Waals surface area contributed by atoms with Crippen molar-refractivity contribution in [2.45, 2.75) is 65.6 Å². The predicted octanol–water partition coefficient (Wildman–Crippen LogP) is 2.00. The Balaban J connectivity index is 2.55. The lowest BCUT2D eigenvalue weighted by atomic mass is 10.2. The molecule has 0 bridgehead atoms. The van der Waals surface area contributed by atoms with Gasteiger partial charge < -0.3 is 9.63 Å². The van der Waals surface area contributed by atoms with E-state index in [1.54, 1.807) is 6.92 Å². The monoisotopic (exact) mass is 255 g/mol. The Labute approximate surface area is 109 Å². The van der Waals surface area contributed by atoms with Crippen molar-refractivity contribution in [1.82, 2.24) is 15.0 Å². The van der Waals surface area contributed by atoms with E-state index in [1.807, 2.05) is 0 Å². The minimum atomic E-state index is -0.352. The SMILES string of the molecule is CCCCc1noc(CN(CC(C)O)C(C)C)n1. The first-order chi connectivity index (χ1) is 8.52. The molecule has 1 N–H and O–H groups in total. The maximum Gasteiger partial charge on any atom is 0.240 e. The van der Waals surface area contributed by atoms with Crippen molar-refractivity contribution in [2.24, 2.45) is 0 Å². The van der Waals surface area contributed by atoms with E-state index in [1.165, 1.54) is 0 Å². The van der Waals surface area contributed by atoms with E-state index in [9.17, 15) is 5.11 Å². The molecule has 0 radical (unpaired) electrons. The van der Waals surface area contributed by atoms with Crippen LogP contribution < -0.4 is 0 Å². The minimum absolute atomic E-state index is 0.339. The van der Waals surface area contributed by atoms with Crippen LogP contribution in [0.4, 0.5) is 0 Å². The van der Waals surface area contributed by atoms with Gasteiger partial charge in [-0.05, 0) is 27.2 Å². The number of hydrogen-bond acceptors (Lipinski definition) is 5. The third kappa shape index (κ3) is 5.14. The van der Waals surface area contributed by atoms with Gasteiger partial charge in [-0.3, -0.25) is 4.90 Å². The Bertz CT molecular complexity index is 337. The van der Waals surface area contributed by atoms with Crippen molar-refractivity contribution < 1.29 is 9.63 Å². The number of hydrogen-bond donors (Lipinski definition) is 1. The molecule has 0 aromatic carbocycles. The zero-order chi connectivity index (χ0) is 13.5. The maximum absolute atomic E-state index is 9.46. The summed E-state index contributed by atoms with van der Waals surface area (Å²) in [5.41, 5.74) is 0. The summed E-state index contributed by atoms with van der Waals surface area (Å²) in [6, 6.07) is 0.339. The molecular formula is C13H25N3O2. The molecule has 18 heavy (non-hydrogen) atoms. The molecule has 0 spiro atoms. The Morgan fingerprint density at radius 3 is 2.61 bits per heavy atom. The van der Waals surface area contributed by atoms with Gasteiger partial charge in [0.05, 0.1) is 12.6 Å². The lowest BCUT2D eigenvalue weighted by molar-refractivity contribution is 0.0943. The van der Waals surface area contributed by atoms with Crippen molar-refractivity contribution in [3.63, 3.8) is 0 Å². The molecule has 5 heteroatoms. The standard InChI is InChI=1S/C13H25N3O2/c1-5-6-7-12-14-13(18-15-12)9-16(10(2)3)8-11(4)17/h10-11,17H,5-9H2,1-4H3. The molecule has 0 aliphatic carbocycles. The topological polar surface area (TPSA) is 62.4 Å². The summed E-state index contributed by atoms with van der Waals surface area (Å²) in [5.74, 6) is 1.42. The third-order valence-corrected chi connectivity index (χ3v) is 2.83. The highest BCUT2D eigenvalue weighted by Gasteiger charge is 2.16. The van der Waals surface area contributed by atoms with Crippen molar-refractivity contribution in [2.75, 3.05) is 6.54 Å². The molecule has 1 rings (SSSR count). The van der Waals surface area contributed by atoms with Crippen LogP contribution in [0.2, 0.25) is 0 Å². The molecule has 0 amide bonds. The largest absolute Gasteiger partial charge is 0.392 e. The van der Waals surface area contributed by atoms with E-state index < -0.39 is 0 Å².